The second-order valence-electron chi connectivity index (χ2n) is 9.50. The number of benzene rings is 3. The largest absolute Gasteiger partial charge is 1.00 e. The number of rotatable bonds is 8. The van der Waals surface area contributed by atoms with Crippen molar-refractivity contribution < 1.29 is 21.4 Å². The fourth-order valence-corrected chi connectivity index (χ4v) is 9.13. The predicted molar refractivity (Wildman–Crippen MR) is 138 cm³/mol. The van der Waals surface area contributed by atoms with Gasteiger partial charge < -0.3 is 21.4 Å². The molecule has 0 saturated carbocycles. The van der Waals surface area contributed by atoms with Crippen LogP contribution in [0.5, 0.6) is 0 Å². The third-order valence-electron chi connectivity index (χ3n) is 6.50. The summed E-state index contributed by atoms with van der Waals surface area (Å²) in [7, 11) is -3.47. The van der Waals surface area contributed by atoms with Crippen LogP contribution in [0.3, 0.4) is 0 Å². The van der Waals surface area contributed by atoms with E-state index in [-0.39, 0.29) is 22.0 Å². The van der Waals surface area contributed by atoms with E-state index in [0.29, 0.717) is 0 Å². The van der Waals surface area contributed by atoms with Gasteiger partial charge in [-0.05, 0) is 54.5 Å². The normalized spacial score (nSPS) is 12.3. The van der Waals surface area contributed by atoms with Crippen LogP contribution < -0.4 is 32.9 Å². The molecule has 0 atom stereocenters. The minimum absolute atomic E-state index is 0. The Morgan fingerprint density at radius 2 is 1.03 bits per heavy atom. The first-order valence-electron chi connectivity index (χ1n) is 11.0. The first kappa shape index (κ1) is 26.0. The highest BCUT2D eigenvalue weighted by Crippen LogP contribution is 2.55. The quantitative estimate of drug-likeness (QED) is 0.254. The average Bonchev–Trinajstić information content (AvgIpc) is 2.75. The molecule has 0 saturated heterocycles. The molecule has 1 nitrogen and oxygen atoms in total. The highest BCUT2D eigenvalue weighted by Gasteiger charge is 2.45. The minimum Gasteiger partial charge on any atom is -1.00 e. The molecule has 3 aromatic carbocycles. The first-order valence-corrected chi connectivity index (χ1v) is 15.8. The average molecular weight is 516 g/mol. The van der Waals surface area contributed by atoms with Crippen molar-refractivity contribution in [2.24, 2.45) is 0 Å². The van der Waals surface area contributed by atoms with Crippen molar-refractivity contribution in [1.82, 2.24) is 0 Å². The summed E-state index contributed by atoms with van der Waals surface area (Å²) in [5.41, 5.74) is 0. The summed E-state index contributed by atoms with van der Waals surface area (Å²) in [6.45, 7) is 12.5. The zero-order chi connectivity index (χ0) is 21.7. The van der Waals surface area contributed by atoms with Gasteiger partial charge in [0.1, 0.15) is 23.2 Å². The van der Waals surface area contributed by atoms with Crippen molar-refractivity contribution in [3.8, 4) is 0 Å². The maximum Gasteiger partial charge on any atom is 0.191 e. The zero-order valence-electron chi connectivity index (χ0n) is 19.5. The number of hydrogen-bond acceptors (Lipinski definition) is 1. The Bertz CT molecular complexity index is 812. The molecule has 31 heavy (non-hydrogen) atoms. The van der Waals surface area contributed by atoms with Crippen LogP contribution in [0.25, 0.3) is 0 Å². The first-order chi connectivity index (χ1) is 14.3. The maximum atomic E-state index is 6.55. The molecule has 0 heterocycles. The summed E-state index contributed by atoms with van der Waals surface area (Å²) in [4.78, 5) is 0. The Balaban J connectivity index is 0.00000341. The molecule has 0 spiro atoms. The monoisotopic (exact) mass is 514 g/mol. The minimum atomic E-state index is -1.74. The van der Waals surface area contributed by atoms with Gasteiger partial charge in [-0.15, -0.1) is 0 Å². The molecule has 0 aromatic heterocycles. The molecule has 0 aliphatic heterocycles. The molecule has 3 rings (SSSR count). The van der Waals surface area contributed by atoms with E-state index in [0.717, 1.165) is 19.2 Å². The van der Waals surface area contributed by atoms with Gasteiger partial charge >= 0.3 is 0 Å². The molecular formula is C27H36BrOPSi. The molecule has 0 radical (unpaired) electrons. The highest BCUT2D eigenvalue weighted by atomic mass is 79.9. The Kier molecular flexibility index (Phi) is 9.27. The molecule has 166 valence electrons. The van der Waals surface area contributed by atoms with E-state index in [1.54, 1.807) is 0 Å². The van der Waals surface area contributed by atoms with E-state index in [1.165, 1.54) is 15.9 Å². The van der Waals surface area contributed by atoms with Gasteiger partial charge in [-0.2, -0.15) is 0 Å². The molecule has 3 aromatic rings. The van der Waals surface area contributed by atoms with Gasteiger partial charge in [0.15, 0.2) is 8.32 Å². The van der Waals surface area contributed by atoms with Gasteiger partial charge in [-0.3, -0.25) is 0 Å². The summed E-state index contributed by atoms with van der Waals surface area (Å²) in [6.07, 6.45) is 2.19. The molecule has 0 unspecified atom stereocenters. The van der Waals surface area contributed by atoms with Gasteiger partial charge in [-0.1, -0.05) is 75.4 Å². The van der Waals surface area contributed by atoms with E-state index in [1.807, 2.05) is 0 Å². The van der Waals surface area contributed by atoms with Crippen LogP contribution in [-0.4, -0.2) is 21.1 Å². The Morgan fingerprint density at radius 1 is 0.677 bits per heavy atom. The SMILES string of the molecule is CC(C)(C)[Si](C)(C)OCCC[P+](c1ccccc1)(c1ccccc1)c1ccccc1.[Br-]. The van der Waals surface area contributed by atoms with Crippen LogP contribution in [0.4, 0.5) is 0 Å². The van der Waals surface area contributed by atoms with Gasteiger partial charge in [-0.25, -0.2) is 0 Å². The number of hydrogen-bond donors (Lipinski definition) is 0. The Morgan fingerprint density at radius 3 is 1.35 bits per heavy atom. The Labute approximate surface area is 201 Å². The maximum absolute atomic E-state index is 6.55. The van der Waals surface area contributed by atoms with Crippen molar-refractivity contribution in [2.75, 3.05) is 12.8 Å². The molecule has 0 bridgehead atoms. The smallest absolute Gasteiger partial charge is 0.191 e. The standard InChI is InChI=1S/C27H36OPSi.BrH/c1-27(2,3)30(4,5)28-22-15-23-29(24-16-9-6-10-17-24,25-18-11-7-12-19-25)26-20-13-8-14-21-26;/h6-14,16-21H,15,22-23H2,1-5H3;1H/q+1;/p-1. The molecular weight excluding hydrogens is 479 g/mol. The summed E-state index contributed by atoms with van der Waals surface area (Å²) >= 11 is 0. The summed E-state index contributed by atoms with van der Waals surface area (Å²) in [6, 6.07) is 33.4. The summed E-state index contributed by atoms with van der Waals surface area (Å²) in [5, 5.41) is 4.61. The molecule has 4 heteroatoms. The summed E-state index contributed by atoms with van der Waals surface area (Å²) in [5.74, 6) is 0. The van der Waals surface area contributed by atoms with E-state index < -0.39 is 15.6 Å². The fraction of sp³-hybridized carbons (Fsp3) is 0.333. The lowest BCUT2D eigenvalue weighted by Gasteiger charge is -2.36. The lowest BCUT2D eigenvalue weighted by atomic mass is 10.2. The second-order valence-corrected chi connectivity index (χ2v) is 17.9. The van der Waals surface area contributed by atoms with Gasteiger partial charge in [0.25, 0.3) is 0 Å². The third-order valence-corrected chi connectivity index (χ3v) is 15.6. The highest BCUT2D eigenvalue weighted by molar-refractivity contribution is 7.95. The van der Waals surface area contributed by atoms with Gasteiger partial charge in [0, 0.05) is 13.0 Å². The van der Waals surface area contributed by atoms with Crippen LogP contribution in [-0.2, 0) is 4.43 Å². The van der Waals surface area contributed by atoms with Crippen LogP contribution in [0, 0.1) is 0 Å². The molecule has 0 amide bonds. The van der Waals surface area contributed by atoms with Crippen LogP contribution in [0.2, 0.25) is 18.1 Å². The van der Waals surface area contributed by atoms with Gasteiger partial charge in [0.05, 0.1) is 6.16 Å². The lowest BCUT2D eigenvalue weighted by Crippen LogP contribution is -3.00. The van der Waals surface area contributed by atoms with Crippen molar-refractivity contribution in [1.29, 1.82) is 0 Å². The van der Waals surface area contributed by atoms with E-state index in [2.05, 4.69) is 125 Å². The van der Waals surface area contributed by atoms with Gasteiger partial charge in [0.2, 0.25) is 0 Å². The topological polar surface area (TPSA) is 9.23 Å². The molecule has 0 N–H and O–H groups in total. The number of halogens is 1. The van der Waals surface area contributed by atoms with Crippen LogP contribution in [0.15, 0.2) is 91.0 Å². The second kappa shape index (κ2) is 11.1. The van der Waals surface area contributed by atoms with Crippen molar-refractivity contribution in [3.05, 3.63) is 91.0 Å². The van der Waals surface area contributed by atoms with Crippen molar-refractivity contribution >= 4 is 31.5 Å². The van der Waals surface area contributed by atoms with Crippen LogP contribution >= 0.6 is 7.26 Å². The van der Waals surface area contributed by atoms with E-state index >= 15 is 0 Å². The fourth-order valence-electron chi connectivity index (χ4n) is 3.73. The molecule has 0 aliphatic carbocycles. The van der Waals surface area contributed by atoms with E-state index in [4.69, 9.17) is 4.43 Å². The zero-order valence-corrected chi connectivity index (χ0v) is 23.0. The third kappa shape index (κ3) is 5.96. The summed E-state index contributed by atoms with van der Waals surface area (Å²) < 4.78 is 6.55. The molecule has 0 fully saturated rings. The van der Waals surface area contributed by atoms with Crippen molar-refractivity contribution in [3.63, 3.8) is 0 Å². The van der Waals surface area contributed by atoms with E-state index in [9.17, 15) is 0 Å². The lowest BCUT2D eigenvalue weighted by molar-refractivity contribution is -0.00000716. The van der Waals surface area contributed by atoms with Crippen molar-refractivity contribution in [2.45, 2.75) is 45.3 Å². The Hall–Kier alpha value is -1.25. The predicted octanol–water partition coefficient (Wildman–Crippen LogP) is 3.40. The van der Waals surface area contributed by atoms with Crippen LogP contribution in [0.1, 0.15) is 27.2 Å². The molecule has 0 aliphatic rings.